The van der Waals surface area contributed by atoms with Gasteiger partial charge in [-0.3, -0.25) is 0 Å². The first-order valence-electron chi connectivity index (χ1n) is 6.69. The average molecular weight is 399 g/mol. The number of halogens is 1. The van der Waals surface area contributed by atoms with Crippen LogP contribution in [0.2, 0.25) is 0 Å². The standard InChI is InChI=1S/C8H11BO2S.C8H9BrS/c1-6-3-4-8(12-2)7(5-6)9(10)11;1-6-3-4-8(10-2)7(9)5-6/h3-5,10-11H,1-2H3;3-5H,1-2H3. The number of hydrogen-bond acceptors (Lipinski definition) is 4. The number of hydrogen-bond donors (Lipinski definition) is 2. The minimum absolute atomic E-state index is 0.586. The molecule has 0 amide bonds. The molecule has 0 radical (unpaired) electrons. The molecule has 0 aliphatic heterocycles. The third kappa shape index (κ3) is 6.01. The largest absolute Gasteiger partial charge is 0.489 e. The molecule has 0 atom stereocenters. The highest BCUT2D eigenvalue weighted by Gasteiger charge is 2.14. The molecule has 0 aromatic heterocycles. The third-order valence-corrected chi connectivity index (χ3v) is 5.50. The second-order valence-electron chi connectivity index (χ2n) is 4.76. The third-order valence-electron chi connectivity index (χ3n) is 2.97. The monoisotopic (exact) mass is 398 g/mol. The molecule has 0 spiro atoms. The summed E-state index contributed by atoms with van der Waals surface area (Å²) < 4.78 is 1.19. The summed E-state index contributed by atoms with van der Waals surface area (Å²) in [6.07, 6.45) is 3.99. The van der Waals surface area contributed by atoms with Gasteiger partial charge in [-0.15, -0.1) is 23.5 Å². The molecule has 0 aliphatic rings. The summed E-state index contributed by atoms with van der Waals surface area (Å²) in [6, 6.07) is 12.0. The summed E-state index contributed by atoms with van der Waals surface area (Å²) in [6.45, 7) is 4.02. The lowest BCUT2D eigenvalue weighted by atomic mass is 9.79. The topological polar surface area (TPSA) is 40.5 Å². The van der Waals surface area contributed by atoms with Crippen molar-refractivity contribution in [2.24, 2.45) is 0 Å². The van der Waals surface area contributed by atoms with Crippen LogP contribution in [0, 0.1) is 13.8 Å². The Bertz CT molecular complexity index is 621. The highest BCUT2D eigenvalue weighted by molar-refractivity contribution is 9.10. The maximum atomic E-state index is 9.00. The van der Waals surface area contributed by atoms with Crippen molar-refractivity contribution < 1.29 is 10.0 Å². The van der Waals surface area contributed by atoms with Crippen LogP contribution in [0.25, 0.3) is 0 Å². The molecule has 2 aromatic carbocycles. The molecule has 118 valence electrons. The zero-order valence-electron chi connectivity index (χ0n) is 13.1. The van der Waals surface area contributed by atoms with Gasteiger partial charge < -0.3 is 10.0 Å². The van der Waals surface area contributed by atoms with E-state index in [-0.39, 0.29) is 0 Å². The summed E-state index contributed by atoms with van der Waals surface area (Å²) in [4.78, 5) is 2.21. The zero-order chi connectivity index (χ0) is 16.7. The van der Waals surface area contributed by atoms with Gasteiger partial charge in [-0.05, 0) is 71.5 Å². The van der Waals surface area contributed by atoms with Gasteiger partial charge in [-0.2, -0.15) is 0 Å². The molecule has 2 aromatic rings. The first-order chi connectivity index (χ1) is 10.4. The molecule has 0 saturated carbocycles. The van der Waals surface area contributed by atoms with Gasteiger partial charge in [0.05, 0.1) is 0 Å². The smallest absolute Gasteiger partial charge is 0.423 e. The van der Waals surface area contributed by atoms with E-state index >= 15 is 0 Å². The molecule has 2 rings (SSSR count). The molecule has 0 fully saturated rings. The van der Waals surface area contributed by atoms with Gasteiger partial charge in [-0.1, -0.05) is 23.8 Å². The van der Waals surface area contributed by atoms with Crippen LogP contribution in [-0.4, -0.2) is 29.7 Å². The zero-order valence-corrected chi connectivity index (χ0v) is 16.3. The molecule has 22 heavy (non-hydrogen) atoms. The SMILES string of the molecule is CSc1ccc(C)cc1B(O)O.CSc1ccc(C)cc1Br. The lowest BCUT2D eigenvalue weighted by Crippen LogP contribution is -2.31. The predicted molar refractivity (Wildman–Crippen MR) is 103 cm³/mol. The average Bonchev–Trinajstić information content (AvgIpc) is 2.48. The van der Waals surface area contributed by atoms with Gasteiger partial charge in [0, 0.05) is 14.3 Å². The summed E-state index contributed by atoms with van der Waals surface area (Å²) in [5.74, 6) is 0. The molecule has 0 bridgehead atoms. The van der Waals surface area contributed by atoms with Gasteiger partial charge in [0.1, 0.15) is 0 Å². The van der Waals surface area contributed by atoms with Crippen molar-refractivity contribution in [3.63, 3.8) is 0 Å². The fourth-order valence-electron chi connectivity index (χ4n) is 1.83. The molecule has 2 N–H and O–H groups in total. The van der Waals surface area contributed by atoms with Crippen molar-refractivity contribution in [2.45, 2.75) is 23.6 Å². The quantitative estimate of drug-likeness (QED) is 0.608. The molecular weight excluding hydrogens is 379 g/mol. The Morgan fingerprint density at radius 2 is 1.36 bits per heavy atom. The van der Waals surface area contributed by atoms with E-state index in [1.165, 1.54) is 26.7 Å². The van der Waals surface area contributed by atoms with Gasteiger partial charge in [-0.25, -0.2) is 0 Å². The number of benzene rings is 2. The van der Waals surface area contributed by atoms with E-state index in [0.29, 0.717) is 5.46 Å². The Morgan fingerprint density at radius 3 is 1.82 bits per heavy atom. The van der Waals surface area contributed by atoms with Crippen molar-refractivity contribution in [2.75, 3.05) is 12.5 Å². The Balaban J connectivity index is 0.000000224. The minimum Gasteiger partial charge on any atom is -0.423 e. The number of aryl methyl sites for hydroxylation is 2. The molecule has 0 heterocycles. The summed E-state index contributed by atoms with van der Waals surface area (Å²) in [5.41, 5.74) is 2.92. The van der Waals surface area contributed by atoms with E-state index in [1.54, 1.807) is 17.8 Å². The fourth-order valence-corrected chi connectivity index (χ4v) is 3.87. The van der Waals surface area contributed by atoms with E-state index < -0.39 is 7.12 Å². The van der Waals surface area contributed by atoms with E-state index in [0.717, 1.165) is 10.5 Å². The Hall–Kier alpha value is -0.395. The highest BCUT2D eigenvalue weighted by Crippen LogP contribution is 2.25. The number of rotatable bonds is 3. The van der Waals surface area contributed by atoms with E-state index in [9.17, 15) is 0 Å². The van der Waals surface area contributed by atoms with E-state index in [1.807, 2.05) is 25.3 Å². The van der Waals surface area contributed by atoms with Gasteiger partial charge in [0.25, 0.3) is 0 Å². The van der Waals surface area contributed by atoms with Crippen LogP contribution in [0.15, 0.2) is 50.7 Å². The van der Waals surface area contributed by atoms with E-state index in [2.05, 4.69) is 47.3 Å². The fraction of sp³-hybridized carbons (Fsp3) is 0.250. The van der Waals surface area contributed by atoms with Crippen LogP contribution < -0.4 is 5.46 Å². The molecule has 0 saturated heterocycles. The lowest BCUT2D eigenvalue weighted by molar-refractivity contribution is 0.425. The molecule has 0 aliphatic carbocycles. The minimum atomic E-state index is -1.37. The first-order valence-corrected chi connectivity index (χ1v) is 9.94. The normalized spacial score (nSPS) is 9.95. The Labute approximate surface area is 150 Å². The predicted octanol–water partition coefficient (Wildman–Crippen LogP) is 3.88. The lowest BCUT2D eigenvalue weighted by Gasteiger charge is -2.06. The van der Waals surface area contributed by atoms with Gasteiger partial charge >= 0.3 is 7.12 Å². The van der Waals surface area contributed by atoms with Crippen molar-refractivity contribution in [1.82, 2.24) is 0 Å². The maximum absolute atomic E-state index is 9.00. The molecule has 2 nitrogen and oxygen atoms in total. The van der Waals surface area contributed by atoms with Crippen LogP contribution in [0.4, 0.5) is 0 Å². The highest BCUT2D eigenvalue weighted by atomic mass is 79.9. The van der Waals surface area contributed by atoms with Gasteiger partial charge in [0.15, 0.2) is 0 Å². The van der Waals surface area contributed by atoms with Crippen LogP contribution in [0.1, 0.15) is 11.1 Å². The summed E-state index contributed by atoms with van der Waals surface area (Å²) in [5, 5.41) is 18.0. The maximum Gasteiger partial charge on any atom is 0.489 e. The van der Waals surface area contributed by atoms with Crippen LogP contribution >= 0.6 is 39.5 Å². The molecule has 0 unspecified atom stereocenters. The van der Waals surface area contributed by atoms with Crippen molar-refractivity contribution in [3.8, 4) is 0 Å². The second-order valence-corrected chi connectivity index (χ2v) is 7.31. The summed E-state index contributed by atoms with van der Waals surface area (Å²) >= 11 is 6.76. The van der Waals surface area contributed by atoms with Crippen molar-refractivity contribution in [3.05, 3.63) is 52.0 Å². The molecular formula is C16H20BBrO2S2. The van der Waals surface area contributed by atoms with Crippen LogP contribution in [0.3, 0.4) is 0 Å². The second kappa shape index (κ2) is 9.68. The van der Waals surface area contributed by atoms with Gasteiger partial charge in [0.2, 0.25) is 0 Å². The molecule has 6 heteroatoms. The Morgan fingerprint density at radius 1 is 0.864 bits per heavy atom. The van der Waals surface area contributed by atoms with Crippen LogP contribution in [0.5, 0.6) is 0 Å². The Kier molecular flexibility index (Phi) is 8.65. The summed E-state index contributed by atoms with van der Waals surface area (Å²) in [7, 11) is -1.37. The number of thioether (sulfide) groups is 2. The van der Waals surface area contributed by atoms with Crippen LogP contribution in [-0.2, 0) is 0 Å². The van der Waals surface area contributed by atoms with Crippen molar-refractivity contribution in [1.29, 1.82) is 0 Å². The van der Waals surface area contributed by atoms with E-state index in [4.69, 9.17) is 10.0 Å². The van der Waals surface area contributed by atoms with Crippen molar-refractivity contribution >= 4 is 52.0 Å². The first kappa shape index (κ1) is 19.7.